The molecule has 21 heavy (non-hydrogen) atoms. The number of hydrogen-bond acceptors (Lipinski definition) is 3. The van der Waals surface area contributed by atoms with Crippen molar-refractivity contribution in [3.8, 4) is 11.5 Å². The number of halogens is 2. The van der Waals surface area contributed by atoms with Crippen LogP contribution in [0, 0.1) is 6.92 Å². The molecule has 1 aliphatic heterocycles. The van der Waals surface area contributed by atoms with Crippen LogP contribution in [0.25, 0.3) is 0 Å². The summed E-state index contributed by atoms with van der Waals surface area (Å²) in [4.78, 5) is 0. The molecule has 5 heteroatoms. The van der Waals surface area contributed by atoms with Crippen molar-refractivity contribution in [1.82, 2.24) is 0 Å². The van der Waals surface area contributed by atoms with Crippen molar-refractivity contribution in [3.63, 3.8) is 0 Å². The van der Waals surface area contributed by atoms with Crippen molar-refractivity contribution >= 4 is 5.69 Å². The van der Waals surface area contributed by atoms with Gasteiger partial charge < -0.3 is 14.8 Å². The minimum Gasteiger partial charge on any atom is -0.482 e. The van der Waals surface area contributed by atoms with Crippen LogP contribution < -0.4 is 14.8 Å². The highest BCUT2D eigenvalue weighted by molar-refractivity contribution is 5.59. The van der Waals surface area contributed by atoms with Gasteiger partial charge in [-0.2, -0.15) is 8.78 Å². The average molecular weight is 291 g/mol. The summed E-state index contributed by atoms with van der Waals surface area (Å²) < 4.78 is 34.9. The number of hydrogen-bond donors (Lipinski definition) is 1. The first-order valence-corrected chi connectivity index (χ1v) is 6.68. The van der Waals surface area contributed by atoms with Crippen LogP contribution in [0.2, 0.25) is 0 Å². The van der Waals surface area contributed by atoms with Crippen LogP contribution in [-0.2, 0) is 0 Å². The summed E-state index contributed by atoms with van der Waals surface area (Å²) in [7, 11) is 0. The van der Waals surface area contributed by atoms with E-state index in [2.05, 4.69) is 10.1 Å². The van der Waals surface area contributed by atoms with Crippen LogP contribution in [0.1, 0.15) is 17.2 Å². The van der Waals surface area contributed by atoms with Gasteiger partial charge in [0.1, 0.15) is 17.6 Å². The molecule has 2 aromatic carbocycles. The summed E-state index contributed by atoms with van der Waals surface area (Å²) in [5, 5.41) is 3.30. The fourth-order valence-corrected chi connectivity index (χ4v) is 2.36. The molecular formula is C16H15F2NO2. The Kier molecular flexibility index (Phi) is 3.64. The van der Waals surface area contributed by atoms with Gasteiger partial charge in [-0.25, -0.2) is 0 Å². The van der Waals surface area contributed by atoms with E-state index in [0.29, 0.717) is 6.54 Å². The van der Waals surface area contributed by atoms with Crippen LogP contribution in [0.5, 0.6) is 11.5 Å². The second kappa shape index (κ2) is 5.60. The fraction of sp³-hybridized carbons (Fsp3) is 0.250. The van der Waals surface area contributed by atoms with E-state index in [1.54, 1.807) is 12.1 Å². The Morgan fingerprint density at radius 3 is 2.90 bits per heavy atom. The van der Waals surface area contributed by atoms with Crippen molar-refractivity contribution in [2.75, 3.05) is 11.9 Å². The number of alkyl halides is 2. The van der Waals surface area contributed by atoms with Crippen molar-refractivity contribution in [2.24, 2.45) is 0 Å². The predicted octanol–water partition coefficient (Wildman–Crippen LogP) is 4.14. The maximum atomic E-state index is 12.3. The molecule has 3 nitrogen and oxygen atoms in total. The first-order valence-electron chi connectivity index (χ1n) is 6.68. The number of aryl methyl sites for hydroxylation is 1. The van der Waals surface area contributed by atoms with Gasteiger partial charge in [0.2, 0.25) is 0 Å². The fourth-order valence-electron chi connectivity index (χ4n) is 2.36. The van der Waals surface area contributed by atoms with E-state index in [1.165, 1.54) is 6.07 Å². The summed E-state index contributed by atoms with van der Waals surface area (Å²) in [5.74, 6) is 0.901. The van der Waals surface area contributed by atoms with Gasteiger partial charge in [0.25, 0.3) is 0 Å². The second-order valence-corrected chi connectivity index (χ2v) is 4.94. The number of rotatable bonds is 3. The van der Waals surface area contributed by atoms with Crippen LogP contribution in [0.3, 0.4) is 0 Å². The molecule has 1 unspecified atom stereocenters. The molecule has 2 aromatic rings. The minimum atomic E-state index is -2.82. The molecule has 0 spiro atoms. The number of anilines is 1. The predicted molar refractivity (Wildman–Crippen MR) is 76.1 cm³/mol. The lowest BCUT2D eigenvalue weighted by Gasteiger charge is -2.28. The second-order valence-electron chi connectivity index (χ2n) is 4.94. The zero-order chi connectivity index (χ0) is 14.8. The Morgan fingerprint density at radius 2 is 2.10 bits per heavy atom. The van der Waals surface area contributed by atoms with E-state index in [9.17, 15) is 8.78 Å². The molecule has 1 atom stereocenters. The van der Waals surface area contributed by atoms with Gasteiger partial charge in [-0.15, -0.1) is 0 Å². The summed E-state index contributed by atoms with van der Waals surface area (Å²) in [6.07, 6.45) is -0.235. The average Bonchev–Trinajstić information content (AvgIpc) is 2.46. The number of ether oxygens (including phenoxy) is 2. The summed E-state index contributed by atoms with van der Waals surface area (Å²) in [6, 6.07) is 12.5. The lowest BCUT2D eigenvalue weighted by atomic mass is 10.1. The number of benzene rings is 2. The van der Waals surface area contributed by atoms with Gasteiger partial charge in [0.15, 0.2) is 0 Å². The molecule has 0 amide bonds. The first-order chi connectivity index (χ1) is 10.1. The third kappa shape index (κ3) is 3.07. The van der Waals surface area contributed by atoms with Crippen molar-refractivity contribution < 1.29 is 18.3 Å². The summed E-state index contributed by atoms with van der Waals surface area (Å²) in [5.41, 5.74) is 2.90. The molecule has 0 fully saturated rings. The Bertz CT molecular complexity index is 646. The lowest BCUT2D eigenvalue weighted by Crippen LogP contribution is -2.23. The highest BCUT2D eigenvalue weighted by Crippen LogP contribution is 2.35. The Balaban J connectivity index is 1.81. The van der Waals surface area contributed by atoms with Crippen molar-refractivity contribution in [1.29, 1.82) is 0 Å². The summed E-state index contributed by atoms with van der Waals surface area (Å²) >= 11 is 0. The van der Waals surface area contributed by atoms with Crippen molar-refractivity contribution in [2.45, 2.75) is 19.6 Å². The number of nitrogens with one attached hydrogen (secondary N) is 1. The highest BCUT2D eigenvalue weighted by Gasteiger charge is 2.21. The Labute approximate surface area is 121 Å². The smallest absolute Gasteiger partial charge is 0.387 e. The molecule has 3 rings (SSSR count). The molecule has 1 N–H and O–H groups in total. The first kappa shape index (κ1) is 13.7. The molecule has 0 aliphatic carbocycles. The zero-order valence-electron chi connectivity index (χ0n) is 11.5. The molecule has 1 aliphatic rings. The van der Waals surface area contributed by atoms with Gasteiger partial charge in [0, 0.05) is 0 Å². The van der Waals surface area contributed by atoms with E-state index >= 15 is 0 Å². The quantitative estimate of drug-likeness (QED) is 0.921. The van der Waals surface area contributed by atoms with Crippen LogP contribution in [-0.4, -0.2) is 13.2 Å². The molecule has 0 saturated carbocycles. The molecule has 0 saturated heterocycles. The van der Waals surface area contributed by atoms with E-state index in [1.807, 2.05) is 31.2 Å². The van der Waals surface area contributed by atoms with Gasteiger partial charge >= 0.3 is 6.61 Å². The van der Waals surface area contributed by atoms with Crippen LogP contribution >= 0.6 is 0 Å². The van der Waals surface area contributed by atoms with E-state index in [-0.39, 0.29) is 11.9 Å². The van der Waals surface area contributed by atoms with E-state index in [4.69, 9.17) is 4.74 Å². The molecule has 110 valence electrons. The van der Waals surface area contributed by atoms with Gasteiger partial charge in [-0.1, -0.05) is 18.2 Å². The Morgan fingerprint density at radius 1 is 1.24 bits per heavy atom. The molecule has 0 bridgehead atoms. The van der Waals surface area contributed by atoms with Crippen LogP contribution in [0.15, 0.2) is 42.5 Å². The monoisotopic (exact) mass is 291 g/mol. The van der Waals surface area contributed by atoms with Gasteiger partial charge in [-0.05, 0) is 42.3 Å². The summed E-state index contributed by atoms with van der Waals surface area (Å²) in [6.45, 7) is -0.234. The molecular weight excluding hydrogens is 276 g/mol. The molecule has 0 radical (unpaired) electrons. The molecule has 0 aromatic heterocycles. The van der Waals surface area contributed by atoms with Crippen molar-refractivity contribution in [3.05, 3.63) is 53.6 Å². The normalized spacial score (nSPS) is 16.9. The van der Waals surface area contributed by atoms with Gasteiger partial charge in [-0.3, -0.25) is 0 Å². The maximum absolute atomic E-state index is 12.3. The zero-order valence-corrected chi connectivity index (χ0v) is 11.5. The Hall–Kier alpha value is -2.30. The highest BCUT2D eigenvalue weighted by atomic mass is 19.3. The van der Waals surface area contributed by atoms with E-state index in [0.717, 1.165) is 22.6 Å². The van der Waals surface area contributed by atoms with Gasteiger partial charge in [0.05, 0.1) is 12.2 Å². The van der Waals surface area contributed by atoms with E-state index < -0.39 is 6.61 Å². The number of fused-ring (bicyclic) bond motifs is 1. The minimum absolute atomic E-state index is 0.140. The van der Waals surface area contributed by atoms with Crippen LogP contribution in [0.4, 0.5) is 14.5 Å². The maximum Gasteiger partial charge on any atom is 0.387 e. The SMILES string of the molecule is Cc1ccc2c(c1)NCC(c1cccc(OC(F)F)c1)O2. The largest absolute Gasteiger partial charge is 0.482 e. The third-order valence-corrected chi connectivity index (χ3v) is 3.34. The molecule has 1 heterocycles. The topological polar surface area (TPSA) is 30.5 Å². The third-order valence-electron chi connectivity index (χ3n) is 3.34. The standard InChI is InChI=1S/C16H15F2NO2/c1-10-5-6-14-13(7-10)19-9-15(21-14)11-3-2-4-12(8-11)20-16(17)18/h2-8,15-16,19H,9H2,1H3. The lowest BCUT2D eigenvalue weighted by molar-refractivity contribution is -0.0499.